The van der Waals surface area contributed by atoms with Gasteiger partial charge in [-0.2, -0.15) is 0 Å². The molecule has 4 heteroatoms. The summed E-state index contributed by atoms with van der Waals surface area (Å²) < 4.78 is 11.3. The number of aliphatic hydroxyl groups is 1. The van der Waals surface area contributed by atoms with Gasteiger partial charge in [-0.3, -0.25) is 0 Å². The van der Waals surface area contributed by atoms with E-state index in [0.29, 0.717) is 5.92 Å². The average Bonchev–Trinajstić information content (AvgIpc) is 2.61. The quantitative estimate of drug-likeness (QED) is 0.868. The minimum Gasteiger partial charge on any atom is -0.490 e. The van der Waals surface area contributed by atoms with Crippen LogP contribution in [0.15, 0.2) is 18.2 Å². The number of hydrogen-bond acceptors (Lipinski definition) is 4. The van der Waals surface area contributed by atoms with Crippen LogP contribution in [0.1, 0.15) is 24.8 Å². The first-order valence-electron chi connectivity index (χ1n) is 7.08. The summed E-state index contributed by atoms with van der Waals surface area (Å²) in [5, 5.41) is 12.7. The molecule has 0 aromatic heterocycles. The molecule has 0 saturated heterocycles. The number of nitrogens with one attached hydrogen (secondary N) is 1. The van der Waals surface area contributed by atoms with E-state index in [1.165, 1.54) is 5.56 Å². The molecule has 1 heterocycles. The zero-order valence-corrected chi connectivity index (χ0v) is 11.1. The highest BCUT2D eigenvalue weighted by atomic mass is 16.5. The van der Waals surface area contributed by atoms with Crippen molar-refractivity contribution in [3.63, 3.8) is 0 Å². The molecular formula is C15H21NO3. The first-order chi connectivity index (χ1) is 9.31. The van der Waals surface area contributed by atoms with Crippen molar-refractivity contribution in [1.82, 2.24) is 5.32 Å². The van der Waals surface area contributed by atoms with E-state index in [2.05, 4.69) is 17.4 Å². The molecule has 104 valence electrons. The van der Waals surface area contributed by atoms with Gasteiger partial charge in [0.1, 0.15) is 0 Å². The number of hydrogen-bond donors (Lipinski definition) is 2. The van der Waals surface area contributed by atoms with Crippen molar-refractivity contribution in [1.29, 1.82) is 0 Å². The highest BCUT2D eigenvalue weighted by Crippen LogP contribution is 2.30. The number of ether oxygens (including phenoxy) is 2. The molecule has 1 aliphatic heterocycles. The van der Waals surface area contributed by atoms with Gasteiger partial charge in [-0.05, 0) is 43.0 Å². The summed E-state index contributed by atoms with van der Waals surface area (Å²) in [4.78, 5) is 0. The van der Waals surface area contributed by atoms with E-state index in [1.54, 1.807) is 0 Å². The van der Waals surface area contributed by atoms with Gasteiger partial charge in [0.15, 0.2) is 11.5 Å². The number of rotatable bonds is 4. The van der Waals surface area contributed by atoms with Crippen molar-refractivity contribution >= 4 is 0 Å². The Morgan fingerprint density at radius 3 is 2.74 bits per heavy atom. The second kappa shape index (κ2) is 5.80. The lowest BCUT2D eigenvalue weighted by Gasteiger charge is -2.31. The fraction of sp³-hybridized carbons (Fsp3) is 0.600. The Kier molecular flexibility index (Phi) is 3.89. The van der Waals surface area contributed by atoms with Crippen molar-refractivity contribution < 1.29 is 14.6 Å². The van der Waals surface area contributed by atoms with Crippen LogP contribution in [0.5, 0.6) is 11.5 Å². The first-order valence-corrected chi connectivity index (χ1v) is 7.08. The minimum atomic E-state index is -0.0650. The Labute approximate surface area is 113 Å². The van der Waals surface area contributed by atoms with Crippen LogP contribution in [0.4, 0.5) is 0 Å². The molecule has 0 spiro atoms. The predicted octanol–water partition coefficient (Wildman–Crippen LogP) is 1.71. The molecule has 2 aliphatic rings. The minimum absolute atomic E-state index is 0.0650. The Hall–Kier alpha value is -1.26. The van der Waals surface area contributed by atoms with Crippen LogP contribution in [0.2, 0.25) is 0 Å². The molecule has 1 aromatic carbocycles. The van der Waals surface area contributed by atoms with E-state index in [0.717, 1.165) is 57.1 Å². The van der Waals surface area contributed by atoms with Gasteiger partial charge in [-0.15, -0.1) is 0 Å². The normalized spacial score (nSPS) is 25.5. The van der Waals surface area contributed by atoms with Crippen molar-refractivity contribution in [2.45, 2.75) is 31.9 Å². The highest BCUT2D eigenvalue weighted by Gasteiger charge is 2.26. The molecule has 1 aliphatic carbocycles. The molecule has 19 heavy (non-hydrogen) atoms. The van der Waals surface area contributed by atoms with Crippen LogP contribution in [-0.4, -0.2) is 31.0 Å². The smallest absolute Gasteiger partial charge is 0.161 e. The molecule has 1 fully saturated rings. The van der Waals surface area contributed by atoms with Crippen LogP contribution >= 0.6 is 0 Å². The summed E-state index contributed by atoms with van der Waals surface area (Å²) in [5.74, 6) is 2.34. The third kappa shape index (κ3) is 3.19. The van der Waals surface area contributed by atoms with Crippen molar-refractivity contribution in [3.05, 3.63) is 23.8 Å². The first kappa shape index (κ1) is 12.8. The van der Waals surface area contributed by atoms with E-state index in [4.69, 9.17) is 9.47 Å². The fourth-order valence-corrected chi connectivity index (χ4v) is 2.61. The van der Waals surface area contributed by atoms with E-state index < -0.39 is 0 Å². The van der Waals surface area contributed by atoms with Gasteiger partial charge in [-0.1, -0.05) is 6.07 Å². The van der Waals surface area contributed by atoms with Gasteiger partial charge in [0.05, 0.1) is 19.3 Å². The van der Waals surface area contributed by atoms with Gasteiger partial charge in [-0.25, -0.2) is 0 Å². The number of aliphatic hydroxyl groups excluding tert-OH is 1. The molecule has 0 unspecified atom stereocenters. The Bertz CT molecular complexity index is 429. The molecule has 0 atom stereocenters. The summed E-state index contributed by atoms with van der Waals surface area (Å²) in [6.45, 7) is 3.27. The van der Waals surface area contributed by atoms with Crippen LogP contribution in [0, 0.1) is 5.92 Å². The maximum atomic E-state index is 9.24. The molecule has 0 bridgehead atoms. The Balaban J connectivity index is 1.52. The molecule has 0 radical (unpaired) electrons. The van der Waals surface area contributed by atoms with Gasteiger partial charge < -0.3 is 19.9 Å². The van der Waals surface area contributed by atoms with E-state index in [1.807, 2.05) is 6.07 Å². The van der Waals surface area contributed by atoms with Crippen LogP contribution in [-0.2, 0) is 6.54 Å². The zero-order valence-electron chi connectivity index (χ0n) is 11.1. The lowest BCUT2D eigenvalue weighted by molar-refractivity contribution is 0.0430. The summed E-state index contributed by atoms with van der Waals surface area (Å²) in [6, 6.07) is 6.13. The topological polar surface area (TPSA) is 50.7 Å². The standard InChI is InChI=1S/C15H21NO3/c17-13-6-12(7-13)10-16-9-11-2-3-14-15(8-11)19-5-1-4-18-14/h2-3,8,12-13,16-17H,1,4-7,9-10H2. The van der Waals surface area contributed by atoms with Crippen molar-refractivity contribution in [3.8, 4) is 11.5 Å². The Morgan fingerprint density at radius 1 is 1.16 bits per heavy atom. The molecule has 1 aromatic rings. The third-order valence-corrected chi connectivity index (χ3v) is 3.78. The maximum absolute atomic E-state index is 9.24. The fourth-order valence-electron chi connectivity index (χ4n) is 2.61. The molecule has 0 amide bonds. The molecule has 1 saturated carbocycles. The lowest BCUT2D eigenvalue weighted by atomic mass is 9.82. The molecule has 3 rings (SSSR count). The second-order valence-corrected chi connectivity index (χ2v) is 5.45. The SMILES string of the molecule is OC1CC(CNCc2ccc3c(c2)OCCCO3)C1. The summed E-state index contributed by atoms with van der Waals surface area (Å²) in [6.07, 6.45) is 2.75. The van der Waals surface area contributed by atoms with Gasteiger partial charge in [0.2, 0.25) is 0 Å². The van der Waals surface area contributed by atoms with E-state index in [9.17, 15) is 5.11 Å². The summed E-state index contributed by atoms with van der Waals surface area (Å²) >= 11 is 0. The maximum Gasteiger partial charge on any atom is 0.161 e. The van der Waals surface area contributed by atoms with Crippen LogP contribution in [0.25, 0.3) is 0 Å². The predicted molar refractivity (Wildman–Crippen MR) is 72.5 cm³/mol. The lowest BCUT2D eigenvalue weighted by Crippen LogP contribution is -2.35. The zero-order chi connectivity index (χ0) is 13.1. The van der Waals surface area contributed by atoms with Crippen LogP contribution in [0.3, 0.4) is 0 Å². The van der Waals surface area contributed by atoms with Crippen LogP contribution < -0.4 is 14.8 Å². The van der Waals surface area contributed by atoms with E-state index >= 15 is 0 Å². The number of fused-ring (bicyclic) bond motifs is 1. The van der Waals surface area contributed by atoms with Gasteiger partial charge in [0, 0.05) is 13.0 Å². The number of benzene rings is 1. The van der Waals surface area contributed by atoms with Gasteiger partial charge in [0.25, 0.3) is 0 Å². The van der Waals surface area contributed by atoms with Gasteiger partial charge >= 0.3 is 0 Å². The monoisotopic (exact) mass is 263 g/mol. The molecule has 2 N–H and O–H groups in total. The van der Waals surface area contributed by atoms with E-state index in [-0.39, 0.29) is 6.10 Å². The Morgan fingerprint density at radius 2 is 1.95 bits per heavy atom. The average molecular weight is 263 g/mol. The van der Waals surface area contributed by atoms with Crippen molar-refractivity contribution in [2.24, 2.45) is 5.92 Å². The largest absolute Gasteiger partial charge is 0.490 e. The third-order valence-electron chi connectivity index (χ3n) is 3.78. The highest BCUT2D eigenvalue weighted by molar-refractivity contribution is 5.43. The van der Waals surface area contributed by atoms with Crippen molar-refractivity contribution in [2.75, 3.05) is 19.8 Å². The summed E-state index contributed by atoms with van der Waals surface area (Å²) in [5.41, 5.74) is 1.21. The summed E-state index contributed by atoms with van der Waals surface area (Å²) in [7, 11) is 0. The molecular weight excluding hydrogens is 242 g/mol. The second-order valence-electron chi connectivity index (χ2n) is 5.45. The molecule has 4 nitrogen and oxygen atoms in total.